The zero-order chi connectivity index (χ0) is 7.40. The minimum absolute atomic E-state index is 0.354. The van der Waals surface area contributed by atoms with Crippen LogP contribution >= 0.6 is 0 Å². The summed E-state index contributed by atoms with van der Waals surface area (Å²) in [6.45, 7) is 1.86. The molecule has 0 radical (unpaired) electrons. The van der Waals surface area contributed by atoms with E-state index in [0.717, 1.165) is 13.0 Å². The summed E-state index contributed by atoms with van der Waals surface area (Å²) in [5.41, 5.74) is 4.77. The fraction of sp³-hybridized carbons (Fsp3) is 0.833. The summed E-state index contributed by atoms with van der Waals surface area (Å²) in [5.74, 6) is 0.354. The number of amides is 1. The van der Waals surface area contributed by atoms with Gasteiger partial charge in [0.1, 0.15) is 0 Å². The second kappa shape index (κ2) is 3.41. The van der Waals surface area contributed by atoms with Gasteiger partial charge in [0.25, 0.3) is 0 Å². The lowest BCUT2D eigenvalue weighted by Gasteiger charge is -2.05. The number of rotatable bonds is 2. The average Bonchev–Trinajstić information content (AvgIpc) is 2.34. The third-order valence-corrected chi connectivity index (χ3v) is 1.49. The third-order valence-electron chi connectivity index (χ3n) is 1.49. The van der Waals surface area contributed by atoms with E-state index in [4.69, 9.17) is 10.5 Å². The first-order chi connectivity index (χ1) is 4.79. The van der Waals surface area contributed by atoms with Crippen molar-refractivity contribution in [2.75, 3.05) is 19.8 Å². The van der Waals surface area contributed by atoms with E-state index in [1.54, 1.807) is 0 Å². The lowest BCUT2D eigenvalue weighted by atomic mass is 10.1. The highest BCUT2D eigenvalue weighted by Gasteiger charge is 2.16. The van der Waals surface area contributed by atoms with Crippen molar-refractivity contribution in [3.8, 4) is 0 Å². The molecule has 0 saturated carbocycles. The topological polar surface area (TPSA) is 61.6 Å². The summed E-state index contributed by atoms with van der Waals surface area (Å²) < 4.78 is 9.64. The Kier molecular flexibility index (Phi) is 2.50. The van der Waals surface area contributed by atoms with Gasteiger partial charge in [0.05, 0.1) is 13.2 Å². The van der Waals surface area contributed by atoms with E-state index in [1.807, 2.05) is 0 Å². The molecule has 1 saturated heterocycles. The quantitative estimate of drug-likeness (QED) is 0.600. The molecule has 10 heavy (non-hydrogen) atoms. The van der Waals surface area contributed by atoms with Crippen LogP contribution in [-0.2, 0) is 9.47 Å². The average molecular weight is 145 g/mol. The summed E-state index contributed by atoms with van der Waals surface area (Å²) in [6.07, 6.45) is 0.264. The van der Waals surface area contributed by atoms with Crippen LogP contribution in [0.25, 0.3) is 0 Å². The first kappa shape index (κ1) is 7.34. The molecule has 1 aliphatic rings. The first-order valence-corrected chi connectivity index (χ1v) is 3.29. The number of hydrogen-bond donors (Lipinski definition) is 1. The minimum Gasteiger partial charge on any atom is -0.449 e. The SMILES string of the molecule is NC(=O)OCC1CCOC1. The Morgan fingerprint density at radius 1 is 1.80 bits per heavy atom. The largest absolute Gasteiger partial charge is 0.449 e. The Balaban J connectivity index is 2.07. The first-order valence-electron chi connectivity index (χ1n) is 3.29. The maximum absolute atomic E-state index is 10.1. The monoisotopic (exact) mass is 145 g/mol. The van der Waals surface area contributed by atoms with Crippen molar-refractivity contribution in [1.29, 1.82) is 0 Å². The normalized spacial score (nSPS) is 24.6. The van der Waals surface area contributed by atoms with Gasteiger partial charge in [-0.15, -0.1) is 0 Å². The van der Waals surface area contributed by atoms with Crippen molar-refractivity contribution in [3.63, 3.8) is 0 Å². The molecule has 1 aliphatic heterocycles. The van der Waals surface area contributed by atoms with Crippen molar-refractivity contribution < 1.29 is 14.3 Å². The van der Waals surface area contributed by atoms with Crippen LogP contribution < -0.4 is 5.73 Å². The zero-order valence-corrected chi connectivity index (χ0v) is 5.71. The van der Waals surface area contributed by atoms with Crippen LogP contribution in [0.1, 0.15) is 6.42 Å². The van der Waals surface area contributed by atoms with E-state index < -0.39 is 6.09 Å². The number of hydrogen-bond acceptors (Lipinski definition) is 3. The van der Waals surface area contributed by atoms with E-state index in [2.05, 4.69) is 4.74 Å². The van der Waals surface area contributed by atoms with Gasteiger partial charge in [-0.25, -0.2) is 4.79 Å². The zero-order valence-electron chi connectivity index (χ0n) is 5.71. The van der Waals surface area contributed by atoms with Crippen molar-refractivity contribution in [2.45, 2.75) is 6.42 Å². The molecule has 0 spiro atoms. The molecule has 0 bridgehead atoms. The highest BCUT2D eigenvalue weighted by atomic mass is 16.5. The molecule has 58 valence electrons. The van der Waals surface area contributed by atoms with Gasteiger partial charge in [-0.3, -0.25) is 0 Å². The van der Waals surface area contributed by atoms with Gasteiger partial charge in [-0.1, -0.05) is 0 Å². The molecule has 1 fully saturated rings. The highest BCUT2D eigenvalue weighted by molar-refractivity contribution is 5.64. The van der Waals surface area contributed by atoms with Crippen LogP contribution in [-0.4, -0.2) is 25.9 Å². The Bertz CT molecular complexity index is 120. The fourth-order valence-electron chi connectivity index (χ4n) is 0.915. The summed E-state index contributed by atoms with van der Waals surface area (Å²) in [6, 6.07) is 0. The molecule has 0 aromatic rings. The Hall–Kier alpha value is -0.770. The van der Waals surface area contributed by atoms with E-state index >= 15 is 0 Å². The molecule has 1 unspecified atom stereocenters. The van der Waals surface area contributed by atoms with Crippen LogP contribution in [0.3, 0.4) is 0 Å². The summed E-state index contributed by atoms with van der Waals surface area (Å²) >= 11 is 0. The molecular weight excluding hydrogens is 134 g/mol. The molecule has 1 rings (SSSR count). The maximum Gasteiger partial charge on any atom is 0.404 e. The van der Waals surface area contributed by atoms with Crippen LogP contribution in [0.15, 0.2) is 0 Å². The maximum atomic E-state index is 10.1. The van der Waals surface area contributed by atoms with Crippen molar-refractivity contribution >= 4 is 6.09 Å². The van der Waals surface area contributed by atoms with Crippen molar-refractivity contribution in [2.24, 2.45) is 11.7 Å². The Morgan fingerprint density at radius 3 is 3.10 bits per heavy atom. The lowest BCUT2D eigenvalue weighted by molar-refractivity contribution is 0.124. The molecular formula is C6H11NO3. The third kappa shape index (κ3) is 2.23. The predicted molar refractivity (Wildman–Crippen MR) is 34.5 cm³/mol. The standard InChI is InChI=1S/C6H11NO3/c7-6(8)10-4-5-1-2-9-3-5/h5H,1-4H2,(H2,7,8). The van der Waals surface area contributed by atoms with Crippen molar-refractivity contribution in [3.05, 3.63) is 0 Å². The van der Waals surface area contributed by atoms with Gasteiger partial charge < -0.3 is 15.2 Å². The van der Waals surface area contributed by atoms with Gasteiger partial charge in [0.15, 0.2) is 0 Å². The summed E-state index contributed by atoms with van der Waals surface area (Å²) in [7, 11) is 0. The number of ether oxygens (including phenoxy) is 2. The molecule has 0 aliphatic carbocycles. The molecule has 1 amide bonds. The molecule has 1 heterocycles. The molecule has 0 aromatic heterocycles. The number of carbonyl (C=O) groups is 1. The van der Waals surface area contributed by atoms with E-state index in [0.29, 0.717) is 19.1 Å². The molecule has 0 aromatic carbocycles. The van der Waals surface area contributed by atoms with Gasteiger partial charge in [0.2, 0.25) is 0 Å². The van der Waals surface area contributed by atoms with Crippen LogP contribution in [0.4, 0.5) is 4.79 Å². The van der Waals surface area contributed by atoms with E-state index in [9.17, 15) is 4.79 Å². The number of carbonyl (C=O) groups excluding carboxylic acids is 1. The summed E-state index contributed by atoms with van der Waals surface area (Å²) in [5, 5.41) is 0. The van der Waals surface area contributed by atoms with Crippen LogP contribution in [0, 0.1) is 5.92 Å². The molecule has 2 N–H and O–H groups in total. The van der Waals surface area contributed by atoms with Crippen LogP contribution in [0.5, 0.6) is 0 Å². The minimum atomic E-state index is -0.702. The van der Waals surface area contributed by atoms with Gasteiger partial charge in [0, 0.05) is 12.5 Å². The fourth-order valence-corrected chi connectivity index (χ4v) is 0.915. The Labute approximate surface area is 59.3 Å². The lowest BCUT2D eigenvalue weighted by Crippen LogP contribution is -2.18. The second-order valence-electron chi connectivity index (χ2n) is 2.36. The van der Waals surface area contributed by atoms with Crippen molar-refractivity contribution in [1.82, 2.24) is 0 Å². The molecule has 4 heteroatoms. The van der Waals surface area contributed by atoms with Gasteiger partial charge in [-0.05, 0) is 6.42 Å². The van der Waals surface area contributed by atoms with Crippen LogP contribution in [0.2, 0.25) is 0 Å². The predicted octanol–water partition coefficient (Wildman–Crippen LogP) is 0.118. The number of primary amides is 1. The Morgan fingerprint density at radius 2 is 2.60 bits per heavy atom. The van der Waals surface area contributed by atoms with Gasteiger partial charge in [-0.2, -0.15) is 0 Å². The molecule has 1 atom stereocenters. The summed E-state index contributed by atoms with van der Waals surface area (Å²) in [4.78, 5) is 10.1. The van der Waals surface area contributed by atoms with E-state index in [-0.39, 0.29) is 0 Å². The number of nitrogens with two attached hydrogens (primary N) is 1. The van der Waals surface area contributed by atoms with E-state index in [1.165, 1.54) is 0 Å². The smallest absolute Gasteiger partial charge is 0.404 e. The second-order valence-corrected chi connectivity index (χ2v) is 2.36. The highest BCUT2D eigenvalue weighted by Crippen LogP contribution is 2.11. The van der Waals surface area contributed by atoms with Gasteiger partial charge >= 0.3 is 6.09 Å². The molecule has 4 nitrogen and oxygen atoms in total.